The van der Waals surface area contributed by atoms with Crippen LogP contribution >= 0.6 is 0 Å². The summed E-state index contributed by atoms with van der Waals surface area (Å²) in [6, 6.07) is 16.9. The van der Waals surface area contributed by atoms with Crippen molar-refractivity contribution in [2.75, 3.05) is 32.7 Å². The lowest BCUT2D eigenvalue weighted by Crippen LogP contribution is -2.51. The highest BCUT2D eigenvalue weighted by atomic mass is 16.5. The van der Waals surface area contributed by atoms with Crippen LogP contribution in [0, 0.1) is 0 Å². The van der Waals surface area contributed by atoms with Gasteiger partial charge in [-0.1, -0.05) is 18.2 Å². The summed E-state index contributed by atoms with van der Waals surface area (Å²) in [5.74, 6) is 1.50. The summed E-state index contributed by atoms with van der Waals surface area (Å²) in [6.45, 7) is 6.92. The van der Waals surface area contributed by atoms with Crippen LogP contribution in [0.25, 0.3) is 0 Å². The second-order valence-corrected chi connectivity index (χ2v) is 7.23. The summed E-state index contributed by atoms with van der Waals surface area (Å²) in [5.41, 5.74) is 0.645. The Bertz CT molecular complexity index is 782. The Balaban J connectivity index is 1.50. The zero-order valence-corrected chi connectivity index (χ0v) is 16.4. The SMILES string of the molecule is CC(C)NC(=O)CN1CCN(C(=O)c2ccc(Oc3ccccc3)cc2)CC1. The number of para-hydroxylation sites is 1. The highest BCUT2D eigenvalue weighted by Crippen LogP contribution is 2.21. The van der Waals surface area contributed by atoms with Gasteiger partial charge in [0, 0.05) is 37.8 Å². The number of rotatable bonds is 6. The summed E-state index contributed by atoms with van der Waals surface area (Å²) < 4.78 is 5.77. The van der Waals surface area contributed by atoms with Crippen molar-refractivity contribution >= 4 is 11.8 Å². The zero-order valence-electron chi connectivity index (χ0n) is 16.4. The fourth-order valence-corrected chi connectivity index (χ4v) is 3.15. The molecule has 6 nitrogen and oxygen atoms in total. The predicted octanol–water partition coefficient (Wildman–Crippen LogP) is 2.76. The van der Waals surface area contributed by atoms with Crippen LogP contribution in [0.1, 0.15) is 24.2 Å². The Labute approximate surface area is 166 Å². The molecule has 0 radical (unpaired) electrons. The molecular weight excluding hydrogens is 354 g/mol. The Morgan fingerprint density at radius 2 is 1.54 bits per heavy atom. The van der Waals surface area contributed by atoms with Crippen LogP contribution in [0.15, 0.2) is 54.6 Å². The van der Waals surface area contributed by atoms with Crippen molar-refractivity contribution in [1.82, 2.24) is 15.1 Å². The van der Waals surface area contributed by atoms with Gasteiger partial charge in [0.1, 0.15) is 11.5 Å². The summed E-state index contributed by atoms with van der Waals surface area (Å²) >= 11 is 0. The van der Waals surface area contributed by atoms with E-state index in [0.29, 0.717) is 44.0 Å². The molecule has 2 aromatic carbocycles. The number of nitrogens with zero attached hydrogens (tertiary/aromatic N) is 2. The summed E-state index contributed by atoms with van der Waals surface area (Å²) in [6.07, 6.45) is 0. The van der Waals surface area contributed by atoms with Gasteiger partial charge in [0.05, 0.1) is 6.54 Å². The third kappa shape index (κ3) is 5.57. The maximum absolute atomic E-state index is 12.7. The molecule has 0 bridgehead atoms. The molecule has 1 aliphatic heterocycles. The Morgan fingerprint density at radius 3 is 2.14 bits per heavy atom. The van der Waals surface area contributed by atoms with E-state index in [4.69, 9.17) is 4.74 Å². The predicted molar refractivity (Wildman–Crippen MR) is 109 cm³/mol. The fraction of sp³-hybridized carbons (Fsp3) is 0.364. The number of benzene rings is 2. The normalized spacial score (nSPS) is 14.8. The quantitative estimate of drug-likeness (QED) is 0.836. The smallest absolute Gasteiger partial charge is 0.253 e. The van der Waals surface area contributed by atoms with Gasteiger partial charge in [-0.2, -0.15) is 0 Å². The van der Waals surface area contributed by atoms with Crippen molar-refractivity contribution in [1.29, 1.82) is 0 Å². The number of piperazine rings is 1. The summed E-state index contributed by atoms with van der Waals surface area (Å²) in [4.78, 5) is 28.5. The Hall–Kier alpha value is -2.86. The first-order valence-corrected chi connectivity index (χ1v) is 9.65. The third-order valence-corrected chi connectivity index (χ3v) is 4.56. The van der Waals surface area contributed by atoms with E-state index in [1.165, 1.54) is 0 Å². The number of ether oxygens (including phenoxy) is 1. The lowest BCUT2D eigenvalue weighted by molar-refractivity contribution is -0.123. The molecule has 0 aromatic heterocycles. The van der Waals surface area contributed by atoms with E-state index >= 15 is 0 Å². The minimum Gasteiger partial charge on any atom is -0.457 e. The number of nitrogens with one attached hydrogen (secondary N) is 1. The lowest BCUT2D eigenvalue weighted by atomic mass is 10.1. The number of hydrogen-bond donors (Lipinski definition) is 1. The Kier molecular flexibility index (Phi) is 6.66. The molecule has 1 N–H and O–H groups in total. The molecule has 3 rings (SSSR count). The molecule has 0 spiro atoms. The highest BCUT2D eigenvalue weighted by Gasteiger charge is 2.23. The molecule has 0 unspecified atom stereocenters. The van der Waals surface area contributed by atoms with Crippen LogP contribution in [0.4, 0.5) is 0 Å². The van der Waals surface area contributed by atoms with Gasteiger partial charge in [-0.05, 0) is 50.2 Å². The van der Waals surface area contributed by atoms with Crippen LogP contribution in [0.5, 0.6) is 11.5 Å². The van der Waals surface area contributed by atoms with E-state index < -0.39 is 0 Å². The van der Waals surface area contributed by atoms with Gasteiger partial charge in [-0.15, -0.1) is 0 Å². The number of hydrogen-bond acceptors (Lipinski definition) is 4. The Morgan fingerprint density at radius 1 is 0.929 bits per heavy atom. The molecule has 1 saturated heterocycles. The molecule has 6 heteroatoms. The van der Waals surface area contributed by atoms with Gasteiger partial charge in [-0.25, -0.2) is 0 Å². The van der Waals surface area contributed by atoms with Crippen LogP contribution < -0.4 is 10.1 Å². The lowest BCUT2D eigenvalue weighted by Gasteiger charge is -2.34. The van der Waals surface area contributed by atoms with Gasteiger partial charge < -0.3 is 15.0 Å². The largest absolute Gasteiger partial charge is 0.457 e. The van der Waals surface area contributed by atoms with E-state index in [-0.39, 0.29) is 17.9 Å². The standard InChI is InChI=1S/C22H27N3O3/c1-17(2)23-21(26)16-24-12-14-25(15-13-24)22(27)18-8-10-20(11-9-18)28-19-6-4-3-5-7-19/h3-11,17H,12-16H2,1-2H3,(H,23,26). The highest BCUT2D eigenvalue weighted by molar-refractivity contribution is 5.94. The first-order valence-electron chi connectivity index (χ1n) is 9.65. The van der Waals surface area contributed by atoms with Crippen molar-refractivity contribution in [3.63, 3.8) is 0 Å². The topological polar surface area (TPSA) is 61.9 Å². The third-order valence-electron chi connectivity index (χ3n) is 4.56. The molecule has 148 valence electrons. The number of carbonyl (C=O) groups is 2. The van der Waals surface area contributed by atoms with Crippen molar-refractivity contribution < 1.29 is 14.3 Å². The van der Waals surface area contributed by atoms with E-state index in [9.17, 15) is 9.59 Å². The average Bonchev–Trinajstić information content (AvgIpc) is 2.69. The fourth-order valence-electron chi connectivity index (χ4n) is 3.15. The average molecular weight is 381 g/mol. The van der Waals surface area contributed by atoms with Gasteiger partial charge in [0.2, 0.25) is 5.91 Å². The molecule has 1 fully saturated rings. The molecule has 0 aliphatic carbocycles. The minimum atomic E-state index is 0.0116. The van der Waals surface area contributed by atoms with Crippen LogP contribution in [-0.2, 0) is 4.79 Å². The van der Waals surface area contributed by atoms with E-state index in [2.05, 4.69) is 10.2 Å². The molecule has 1 heterocycles. The van der Waals surface area contributed by atoms with Crippen LogP contribution in [0.2, 0.25) is 0 Å². The molecular formula is C22H27N3O3. The summed E-state index contributed by atoms with van der Waals surface area (Å²) in [5, 5.41) is 2.90. The van der Waals surface area contributed by atoms with E-state index in [0.717, 1.165) is 5.75 Å². The van der Waals surface area contributed by atoms with E-state index in [1.807, 2.05) is 61.2 Å². The molecule has 1 aliphatic rings. The van der Waals surface area contributed by atoms with Gasteiger partial charge in [0.15, 0.2) is 0 Å². The zero-order chi connectivity index (χ0) is 19.9. The van der Waals surface area contributed by atoms with Crippen LogP contribution in [0.3, 0.4) is 0 Å². The number of carbonyl (C=O) groups excluding carboxylic acids is 2. The maximum Gasteiger partial charge on any atom is 0.253 e. The van der Waals surface area contributed by atoms with Gasteiger partial charge in [-0.3, -0.25) is 14.5 Å². The van der Waals surface area contributed by atoms with Crippen molar-refractivity contribution in [3.8, 4) is 11.5 Å². The first kappa shape index (κ1) is 19.9. The molecule has 2 amide bonds. The number of amides is 2. The first-order chi connectivity index (χ1) is 13.5. The van der Waals surface area contributed by atoms with Gasteiger partial charge in [0.25, 0.3) is 5.91 Å². The second kappa shape index (κ2) is 9.37. The van der Waals surface area contributed by atoms with Crippen molar-refractivity contribution in [3.05, 3.63) is 60.2 Å². The molecule has 0 saturated carbocycles. The van der Waals surface area contributed by atoms with Crippen LogP contribution in [-0.4, -0.2) is 60.4 Å². The molecule has 28 heavy (non-hydrogen) atoms. The van der Waals surface area contributed by atoms with Crippen molar-refractivity contribution in [2.24, 2.45) is 0 Å². The van der Waals surface area contributed by atoms with Gasteiger partial charge >= 0.3 is 0 Å². The monoisotopic (exact) mass is 381 g/mol. The maximum atomic E-state index is 12.7. The molecule has 2 aromatic rings. The molecule has 0 atom stereocenters. The second-order valence-electron chi connectivity index (χ2n) is 7.23. The minimum absolute atomic E-state index is 0.0116. The van der Waals surface area contributed by atoms with E-state index in [1.54, 1.807) is 12.1 Å². The summed E-state index contributed by atoms with van der Waals surface area (Å²) in [7, 11) is 0. The van der Waals surface area contributed by atoms with Crippen molar-refractivity contribution in [2.45, 2.75) is 19.9 Å².